The van der Waals surface area contributed by atoms with Gasteiger partial charge >= 0.3 is 5.91 Å². The summed E-state index contributed by atoms with van der Waals surface area (Å²) >= 11 is 0. The molecular weight excluding hydrogens is 788 g/mol. The molecule has 0 radical (unpaired) electrons. The molecule has 0 aromatic heterocycles. The highest BCUT2D eigenvalue weighted by Gasteiger charge is 2.57. The van der Waals surface area contributed by atoms with E-state index in [1.54, 1.807) is 12.1 Å². The summed E-state index contributed by atoms with van der Waals surface area (Å²) in [5, 5.41) is 11.7. The number of likely N-dealkylation sites (N-methyl/N-ethyl adjacent to an activating group) is 2. The Bertz CT molecular complexity index is 2260. The van der Waals surface area contributed by atoms with E-state index >= 15 is 9.18 Å². The summed E-state index contributed by atoms with van der Waals surface area (Å²) in [6.45, 7) is 11.8. The van der Waals surface area contributed by atoms with Crippen LogP contribution in [0.1, 0.15) is 87.5 Å². The number of halogens is 1. The Morgan fingerprint density at radius 1 is 0.698 bits per heavy atom. The van der Waals surface area contributed by atoms with Gasteiger partial charge in [-0.3, -0.25) is 9.69 Å². The molecule has 10 heteroatoms. The number of quaternary nitrogens is 1. The van der Waals surface area contributed by atoms with E-state index < -0.39 is 11.0 Å². The number of piperazine rings is 2. The van der Waals surface area contributed by atoms with Crippen molar-refractivity contribution in [3.63, 3.8) is 0 Å². The lowest BCUT2D eigenvalue weighted by molar-refractivity contribution is -0.142. The van der Waals surface area contributed by atoms with Gasteiger partial charge < -0.3 is 24.7 Å². The van der Waals surface area contributed by atoms with Crippen molar-refractivity contribution < 1.29 is 19.1 Å². The first-order valence-corrected chi connectivity index (χ1v) is 23.8. The van der Waals surface area contributed by atoms with Crippen LogP contribution in [0.4, 0.5) is 27.1 Å². The average Bonchev–Trinajstić information content (AvgIpc) is 3.92. The molecule has 5 aliphatic rings. The number of aliphatic hydroxyl groups is 1. The topological polar surface area (TPSA) is 70.6 Å². The molecule has 4 aromatic rings. The van der Waals surface area contributed by atoms with Crippen LogP contribution in [0.2, 0.25) is 0 Å². The molecule has 4 heterocycles. The molecule has 334 valence electrons. The maximum atomic E-state index is 16.8. The molecule has 9 rings (SSSR count). The minimum Gasteiger partial charge on any atom is -0.385 e. The van der Waals surface area contributed by atoms with Crippen LogP contribution in [-0.4, -0.2) is 110 Å². The fourth-order valence-corrected chi connectivity index (χ4v) is 11.9. The van der Waals surface area contributed by atoms with Gasteiger partial charge in [0, 0.05) is 107 Å². The number of carbonyl (C=O) groups is 2. The van der Waals surface area contributed by atoms with E-state index in [1.807, 2.05) is 11.0 Å². The number of piperidine rings is 1. The first-order valence-electron chi connectivity index (χ1n) is 23.8. The quantitative estimate of drug-likeness (QED) is 0.152. The molecule has 0 spiro atoms. The number of nitrogens with zero attached hydrogens (tertiary/aromatic N) is 6. The van der Waals surface area contributed by atoms with E-state index in [4.69, 9.17) is 0 Å². The van der Waals surface area contributed by atoms with Crippen molar-refractivity contribution >= 4 is 34.6 Å². The Morgan fingerprint density at radius 2 is 1.33 bits per heavy atom. The van der Waals surface area contributed by atoms with E-state index in [9.17, 15) is 9.90 Å². The van der Waals surface area contributed by atoms with Gasteiger partial charge in [-0.15, -0.1) is 0 Å². The highest BCUT2D eigenvalue weighted by Crippen LogP contribution is 2.51. The number of hydrogen-bond acceptors (Lipinski definition) is 7. The Morgan fingerprint density at radius 3 is 2.00 bits per heavy atom. The zero-order chi connectivity index (χ0) is 43.9. The van der Waals surface area contributed by atoms with Crippen molar-refractivity contribution in [1.29, 1.82) is 0 Å². The maximum Gasteiger partial charge on any atom is 0.330 e. The Kier molecular flexibility index (Phi) is 12.3. The van der Waals surface area contributed by atoms with Gasteiger partial charge in [0.2, 0.25) is 5.91 Å². The molecule has 4 saturated heterocycles. The minimum atomic E-state index is -0.906. The van der Waals surface area contributed by atoms with Crippen LogP contribution in [0.5, 0.6) is 0 Å². The number of benzene rings is 4. The summed E-state index contributed by atoms with van der Waals surface area (Å²) in [4.78, 5) is 41.0. The minimum absolute atomic E-state index is 0.0194. The molecule has 0 bridgehead atoms. The smallest absolute Gasteiger partial charge is 0.330 e. The van der Waals surface area contributed by atoms with Crippen molar-refractivity contribution in [2.45, 2.75) is 102 Å². The number of anilines is 2. The second-order valence-electron chi connectivity index (χ2n) is 19.9. The molecule has 4 aromatic carbocycles. The number of amides is 2. The molecule has 1 saturated carbocycles. The van der Waals surface area contributed by atoms with E-state index in [2.05, 4.69) is 120 Å². The second-order valence-corrected chi connectivity index (χ2v) is 19.9. The molecule has 63 heavy (non-hydrogen) atoms. The summed E-state index contributed by atoms with van der Waals surface area (Å²) < 4.78 is 15.8. The first-order chi connectivity index (χ1) is 30.4. The van der Waals surface area contributed by atoms with Crippen LogP contribution in [0.15, 0.2) is 91.0 Å². The summed E-state index contributed by atoms with van der Waals surface area (Å²) in [6.07, 6.45) is 7.33. The number of hydrogen-bond donors (Lipinski definition) is 1. The van der Waals surface area contributed by atoms with Gasteiger partial charge in [0.25, 0.3) is 0 Å². The Labute approximate surface area is 374 Å². The van der Waals surface area contributed by atoms with Gasteiger partial charge in [-0.25, -0.2) is 9.18 Å². The van der Waals surface area contributed by atoms with Crippen molar-refractivity contribution in [1.82, 2.24) is 19.2 Å². The van der Waals surface area contributed by atoms with E-state index in [0.717, 1.165) is 124 Å². The molecule has 5 fully saturated rings. The normalized spacial score (nSPS) is 27.1. The molecule has 4 unspecified atom stereocenters. The molecule has 1 N–H and O–H groups in total. The molecule has 4 atom stereocenters. The van der Waals surface area contributed by atoms with Crippen molar-refractivity contribution in [3.05, 3.63) is 119 Å². The van der Waals surface area contributed by atoms with E-state index in [1.165, 1.54) is 5.69 Å². The Hall–Kier alpha value is -4.61. The van der Waals surface area contributed by atoms with Crippen LogP contribution in [0, 0.1) is 11.2 Å². The zero-order valence-electron chi connectivity index (χ0n) is 38.1. The maximum absolute atomic E-state index is 16.8. The van der Waals surface area contributed by atoms with Crippen LogP contribution in [-0.2, 0) is 34.6 Å². The fourth-order valence-electron chi connectivity index (χ4n) is 11.9. The van der Waals surface area contributed by atoms with Crippen LogP contribution in [0.3, 0.4) is 0 Å². The summed E-state index contributed by atoms with van der Waals surface area (Å²) in [7, 11) is 4.36. The molecule has 4 aliphatic heterocycles. The zero-order valence-corrected chi connectivity index (χ0v) is 38.1. The Balaban J connectivity index is 1.19. The molecule has 2 amide bonds. The fraction of sp³-hybridized carbons (Fsp3) is 0.509. The third-order valence-corrected chi connectivity index (χ3v) is 15.8. The van der Waals surface area contributed by atoms with E-state index in [-0.39, 0.29) is 22.1 Å². The lowest BCUT2D eigenvalue weighted by atomic mass is 9.68. The molecule has 1 aliphatic carbocycles. The molecule has 9 nitrogen and oxygen atoms in total. The predicted molar refractivity (Wildman–Crippen MR) is 252 cm³/mol. The third kappa shape index (κ3) is 8.45. The number of carbonyl (C=O) groups excluding carboxylic acids is 2. The van der Waals surface area contributed by atoms with Crippen molar-refractivity contribution in [2.24, 2.45) is 5.41 Å². The first kappa shape index (κ1) is 43.6. The standard InChI is InChI=1S/C53H68FN6O3/c1-39-36-59(37-40(2)56(39)4)49-23-18-45(54)33-43(49)35-52(34-42-11-5-6-12-48(42)57-30-28-55(3)29-31-57)24-10-32-60(51(52)62,47-21-16-44(17-22-47)53(63)25-7-8-26-53)46-19-14-41(15-20-46)38-58-27-9-13-50(58)61/h5-6,11-12,14-23,33,39-40,63H,7-10,13,24-32,34-38H2,1-4H3/q+1. The highest BCUT2D eigenvalue weighted by molar-refractivity contribution is 6.00. The van der Waals surface area contributed by atoms with Crippen LogP contribution in [0.25, 0.3) is 0 Å². The lowest BCUT2D eigenvalue weighted by Gasteiger charge is -2.48. The van der Waals surface area contributed by atoms with Gasteiger partial charge in [0.05, 0.1) is 17.6 Å². The van der Waals surface area contributed by atoms with Gasteiger partial charge in [0.15, 0.2) is 0 Å². The SMILES string of the molecule is CC1CN(c2ccc(F)cc2CC2(Cc3ccccc3N3CCN(C)CC3)CCC[N+](c3ccc(CN4CCCC4=O)cc3)(c3ccc(C4(O)CCCC4)cc3)C2=O)CC(C)N1C. The number of rotatable bonds is 11. The largest absolute Gasteiger partial charge is 0.385 e. The predicted octanol–water partition coefficient (Wildman–Crippen LogP) is 8.42. The third-order valence-electron chi connectivity index (χ3n) is 15.8. The molecular formula is C53H68FN6O3+. The van der Waals surface area contributed by atoms with Crippen molar-refractivity contribution in [2.75, 3.05) is 76.3 Å². The van der Waals surface area contributed by atoms with Gasteiger partial charge in [0.1, 0.15) is 17.2 Å². The van der Waals surface area contributed by atoms with Crippen molar-refractivity contribution in [3.8, 4) is 0 Å². The van der Waals surface area contributed by atoms with Crippen LogP contribution >= 0.6 is 0 Å². The van der Waals surface area contributed by atoms with Gasteiger partial charge in [-0.2, -0.15) is 4.48 Å². The van der Waals surface area contributed by atoms with Gasteiger partial charge in [-0.05, 0) is 119 Å². The monoisotopic (exact) mass is 856 g/mol. The van der Waals surface area contributed by atoms with E-state index in [0.29, 0.717) is 50.9 Å². The number of para-hydroxylation sites is 1. The van der Waals surface area contributed by atoms with Gasteiger partial charge in [-0.1, -0.05) is 55.3 Å². The summed E-state index contributed by atoms with van der Waals surface area (Å²) in [5.41, 5.74) is 6.19. The van der Waals surface area contributed by atoms with Crippen LogP contribution < -0.4 is 14.3 Å². The average molecular weight is 856 g/mol. The summed E-state index contributed by atoms with van der Waals surface area (Å²) in [6, 6.07) is 31.3. The highest BCUT2D eigenvalue weighted by atomic mass is 19.1. The number of likely N-dealkylation sites (tertiary alicyclic amines) is 1. The second kappa shape index (κ2) is 17.8. The lowest BCUT2D eigenvalue weighted by Crippen LogP contribution is -2.62. The summed E-state index contributed by atoms with van der Waals surface area (Å²) in [5.74, 6) is 0.0252.